The van der Waals surface area contributed by atoms with Crippen molar-refractivity contribution in [3.05, 3.63) is 64.9 Å². The molecule has 0 aliphatic carbocycles. The summed E-state index contributed by atoms with van der Waals surface area (Å²) in [5, 5.41) is 0.136. The summed E-state index contributed by atoms with van der Waals surface area (Å²) in [5.41, 5.74) is 1.38. The van der Waals surface area contributed by atoms with E-state index in [-0.39, 0.29) is 21.8 Å². The normalized spacial score (nSPS) is 14.3. The number of aromatic nitrogens is 1. The molecule has 1 aliphatic heterocycles. The van der Waals surface area contributed by atoms with E-state index in [9.17, 15) is 17.6 Å². The Bertz CT molecular complexity index is 1240. The highest BCUT2D eigenvalue weighted by Gasteiger charge is 2.27. The molecule has 1 aliphatic rings. The van der Waals surface area contributed by atoms with E-state index in [1.807, 2.05) is 0 Å². The Morgan fingerprint density at radius 2 is 1.70 bits per heavy atom. The number of benzene rings is 2. The lowest BCUT2D eigenvalue weighted by atomic mass is 10.2. The van der Waals surface area contributed by atoms with E-state index < -0.39 is 10.0 Å². The van der Waals surface area contributed by atoms with Crippen molar-refractivity contribution in [2.24, 2.45) is 0 Å². The van der Waals surface area contributed by atoms with Crippen LogP contribution in [0.1, 0.15) is 15.4 Å². The number of anilines is 2. The lowest BCUT2D eigenvalue weighted by Gasteiger charge is -2.36. The molecule has 11 heteroatoms. The summed E-state index contributed by atoms with van der Waals surface area (Å²) < 4.78 is 46.0. The average molecular weight is 491 g/mol. The minimum Gasteiger partial charge on any atom is -0.497 e. The van der Waals surface area contributed by atoms with Crippen LogP contribution in [0, 0.1) is 12.7 Å². The van der Waals surface area contributed by atoms with E-state index in [1.165, 1.54) is 31.4 Å². The van der Waals surface area contributed by atoms with Crippen molar-refractivity contribution in [3.63, 3.8) is 0 Å². The number of nitrogens with zero attached hydrogens (tertiary/aromatic N) is 3. The van der Waals surface area contributed by atoms with Gasteiger partial charge in [0.15, 0.2) is 5.13 Å². The molecule has 1 aromatic heterocycles. The third-order valence-corrected chi connectivity index (χ3v) is 7.89. The Morgan fingerprint density at radius 3 is 2.30 bits per heavy atom. The van der Waals surface area contributed by atoms with Crippen LogP contribution in [0.4, 0.5) is 15.2 Å². The van der Waals surface area contributed by atoms with Gasteiger partial charge in [-0.15, -0.1) is 0 Å². The van der Waals surface area contributed by atoms with Crippen LogP contribution in [0.5, 0.6) is 5.75 Å². The highest BCUT2D eigenvalue weighted by atomic mass is 32.2. The van der Waals surface area contributed by atoms with Gasteiger partial charge in [0, 0.05) is 31.9 Å². The molecule has 33 heavy (non-hydrogen) atoms. The smallest absolute Gasteiger partial charge is 0.266 e. The second-order valence-corrected chi connectivity index (χ2v) is 10.2. The molecule has 2 heterocycles. The van der Waals surface area contributed by atoms with Crippen LogP contribution < -0.4 is 14.4 Å². The largest absolute Gasteiger partial charge is 0.497 e. The molecule has 3 aromatic rings. The average Bonchev–Trinajstić information content (AvgIpc) is 3.18. The van der Waals surface area contributed by atoms with Crippen molar-refractivity contribution in [3.8, 4) is 5.75 Å². The fraction of sp³-hybridized carbons (Fsp3) is 0.273. The topological polar surface area (TPSA) is 91.8 Å². The zero-order valence-electron chi connectivity index (χ0n) is 18.1. The summed E-state index contributed by atoms with van der Waals surface area (Å²) in [6, 6.07) is 12.3. The first kappa shape index (κ1) is 23.0. The molecule has 0 saturated carbocycles. The molecular formula is C22H23FN4O4S2. The maximum atomic E-state index is 13.2. The quantitative estimate of drug-likeness (QED) is 0.570. The van der Waals surface area contributed by atoms with Crippen molar-refractivity contribution in [1.82, 2.24) is 9.88 Å². The van der Waals surface area contributed by atoms with Gasteiger partial charge in [0.1, 0.15) is 16.4 Å². The first-order chi connectivity index (χ1) is 15.8. The molecule has 1 N–H and O–H groups in total. The minimum absolute atomic E-state index is 0.0703. The predicted molar refractivity (Wildman–Crippen MR) is 125 cm³/mol. The fourth-order valence-corrected chi connectivity index (χ4v) is 5.70. The molecule has 0 radical (unpaired) electrons. The summed E-state index contributed by atoms with van der Waals surface area (Å²) in [6.45, 7) is 3.92. The van der Waals surface area contributed by atoms with Crippen LogP contribution >= 0.6 is 11.3 Å². The van der Waals surface area contributed by atoms with Gasteiger partial charge >= 0.3 is 0 Å². The number of rotatable bonds is 6. The third-order valence-electron chi connectivity index (χ3n) is 5.34. The number of hydrogen-bond donors (Lipinski definition) is 1. The van der Waals surface area contributed by atoms with E-state index in [0.717, 1.165) is 17.0 Å². The summed E-state index contributed by atoms with van der Waals surface area (Å²) in [7, 11) is -2.35. The van der Waals surface area contributed by atoms with Crippen molar-refractivity contribution in [2.75, 3.05) is 42.9 Å². The van der Waals surface area contributed by atoms with E-state index in [2.05, 4.69) is 14.6 Å². The maximum absolute atomic E-state index is 13.2. The van der Waals surface area contributed by atoms with Crippen LogP contribution in [0.2, 0.25) is 0 Å². The van der Waals surface area contributed by atoms with Crippen LogP contribution in [-0.2, 0) is 10.0 Å². The minimum atomic E-state index is -3.85. The highest BCUT2D eigenvalue weighted by Crippen LogP contribution is 2.27. The second kappa shape index (κ2) is 9.36. The molecule has 0 spiro atoms. The summed E-state index contributed by atoms with van der Waals surface area (Å²) >= 11 is 1.02. The van der Waals surface area contributed by atoms with Gasteiger partial charge in [0.05, 0.1) is 17.7 Å². The van der Waals surface area contributed by atoms with Gasteiger partial charge in [0.25, 0.3) is 15.9 Å². The van der Waals surface area contributed by atoms with Crippen molar-refractivity contribution < 1.29 is 22.3 Å². The molecular weight excluding hydrogens is 467 g/mol. The van der Waals surface area contributed by atoms with Gasteiger partial charge in [-0.2, -0.15) is 0 Å². The molecule has 0 unspecified atom stereocenters. The number of amides is 1. The predicted octanol–water partition coefficient (Wildman–Crippen LogP) is 3.36. The summed E-state index contributed by atoms with van der Waals surface area (Å²) in [6.07, 6.45) is 0. The van der Waals surface area contributed by atoms with Gasteiger partial charge < -0.3 is 14.5 Å². The standard InChI is InChI=1S/C22H23FN4O4S2/c1-15-20(21(28)27-13-11-26(12-14-27)17-5-3-16(23)4-6-17)32-22(24-15)25-33(29,30)19-9-7-18(31-2)8-10-19/h3-10H,11-14H2,1-2H3,(H,24,25). The number of piperazine rings is 1. The number of hydrogen-bond acceptors (Lipinski definition) is 7. The van der Waals surface area contributed by atoms with Gasteiger partial charge in [0.2, 0.25) is 0 Å². The first-order valence-corrected chi connectivity index (χ1v) is 12.5. The van der Waals surface area contributed by atoms with Crippen LogP contribution in [0.25, 0.3) is 0 Å². The van der Waals surface area contributed by atoms with E-state index >= 15 is 0 Å². The SMILES string of the molecule is COc1ccc(S(=O)(=O)Nc2nc(C)c(C(=O)N3CCN(c4ccc(F)cc4)CC3)s2)cc1. The summed E-state index contributed by atoms with van der Waals surface area (Å²) in [4.78, 5) is 21.6. The zero-order valence-corrected chi connectivity index (χ0v) is 19.7. The Hall–Kier alpha value is -3.18. The van der Waals surface area contributed by atoms with Crippen molar-refractivity contribution in [1.29, 1.82) is 0 Å². The molecule has 2 aromatic carbocycles. The highest BCUT2D eigenvalue weighted by molar-refractivity contribution is 7.93. The molecule has 1 saturated heterocycles. The first-order valence-electron chi connectivity index (χ1n) is 10.2. The lowest BCUT2D eigenvalue weighted by molar-refractivity contribution is 0.0750. The van der Waals surface area contributed by atoms with E-state index in [4.69, 9.17) is 4.74 Å². The van der Waals surface area contributed by atoms with E-state index in [1.54, 1.807) is 36.1 Å². The van der Waals surface area contributed by atoms with Crippen LogP contribution in [-0.4, -0.2) is 57.5 Å². The molecule has 174 valence electrons. The number of aryl methyl sites for hydroxylation is 1. The number of methoxy groups -OCH3 is 1. The number of carbonyl (C=O) groups excluding carboxylic acids is 1. The van der Waals surface area contributed by atoms with Gasteiger partial charge in [-0.05, 0) is 55.5 Å². The summed E-state index contributed by atoms with van der Waals surface area (Å²) in [5.74, 6) is 0.0803. The Balaban J connectivity index is 1.42. The Morgan fingerprint density at radius 1 is 1.06 bits per heavy atom. The zero-order chi connectivity index (χ0) is 23.6. The van der Waals surface area contributed by atoms with Crippen LogP contribution in [0.3, 0.4) is 0 Å². The number of sulfonamides is 1. The maximum Gasteiger partial charge on any atom is 0.266 e. The van der Waals surface area contributed by atoms with E-state index in [0.29, 0.717) is 42.5 Å². The third kappa shape index (κ3) is 5.09. The van der Waals surface area contributed by atoms with Gasteiger partial charge in [-0.25, -0.2) is 17.8 Å². The fourth-order valence-electron chi connectivity index (χ4n) is 3.53. The lowest BCUT2D eigenvalue weighted by Crippen LogP contribution is -2.48. The number of carbonyl (C=O) groups is 1. The molecule has 0 bridgehead atoms. The van der Waals surface area contributed by atoms with Crippen molar-refractivity contribution in [2.45, 2.75) is 11.8 Å². The molecule has 0 atom stereocenters. The molecule has 4 rings (SSSR count). The van der Waals surface area contributed by atoms with Gasteiger partial charge in [-0.1, -0.05) is 11.3 Å². The molecule has 1 amide bonds. The number of nitrogens with one attached hydrogen (secondary N) is 1. The number of halogens is 1. The Kier molecular flexibility index (Phi) is 6.52. The Labute approximate surface area is 195 Å². The van der Waals surface area contributed by atoms with Gasteiger partial charge in [-0.3, -0.25) is 9.52 Å². The molecule has 8 nitrogen and oxygen atoms in total. The van der Waals surface area contributed by atoms with Crippen LogP contribution in [0.15, 0.2) is 53.4 Å². The second-order valence-electron chi connectivity index (χ2n) is 7.47. The number of thiazole rings is 1. The molecule has 1 fully saturated rings. The monoisotopic (exact) mass is 490 g/mol. The number of ether oxygens (including phenoxy) is 1. The van der Waals surface area contributed by atoms with Crippen molar-refractivity contribution >= 4 is 38.1 Å².